The van der Waals surface area contributed by atoms with E-state index in [9.17, 15) is 4.79 Å². The van der Waals surface area contributed by atoms with Crippen LogP contribution in [-0.4, -0.2) is 5.97 Å². The lowest BCUT2D eigenvalue weighted by atomic mass is 9.91. The van der Waals surface area contributed by atoms with E-state index in [0.717, 1.165) is 12.0 Å². The summed E-state index contributed by atoms with van der Waals surface area (Å²) in [4.78, 5) is 11.7. The van der Waals surface area contributed by atoms with Crippen LogP contribution in [0.1, 0.15) is 37.0 Å². The van der Waals surface area contributed by atoms with Crippen LogP contribution in [0, 0.1) is 0 Å². The Kier molecular flexibility index (Phi) is 3.08. The second-order valence-corrected chi connectivity index (χ2v) is 4.81. The third-order valence-corrected chi connectivity index (χ3v) is 3.44. The van der Waals surface area contributed by atoms with Crippen molar-refractivity contribution < 1.29 is 9.53 Å². The van der Waals surface area contributed by atoms with Crippen molar-refractivity contribution >= 4 is 22.8 Å². The molecule has 0 heterocycles. The number of esters is 1. The van der Waals surface area contributed by atoms with Gasteiger partial charge in [0.25, 0.3) is 0 Å². The number of carbonyl (C=O) groups is 1. The third-order valence-electron chi connectivity index (χ3n) is 3.44. The molecule has 0 N–H and O–H groups in total. The van der Waals surface area contributed by atoms with E-state index in [4.69, 9.17) is 4.74 Å². The summed E-state index contributed by atoms with van der Waals surface area (Å²) in [6.07, 6.45) is 5.04. The normalized spacial score (nSPS) is 16.6. The fraction of sp³-hybridized carbons (Fsp3) is 0.235. The highest BCUT2D eigenvalue weighted by Crippen LogP contribution is 2.35. The SMILES string of the molecule is CCCC(=O)OC1C=Cc2cccc3cccc1c23. The summed E-state index contributed by atoms with van der Waals surface area (Å²) in [7, 11) is 0. The zero-order valence-corrected chi connectivity index (χ0v) is 10.9. The van der Waals surface area contributed by atoms with Crippen molar-refractivity contribution in [2.75, 3.05) is 0 Å². The molecule has 2 aromatic rings. The second kappa shape index (κ2) is 4.88. The minimum absolute atomic E-state index is 0.131. The average molecular weight is 252 g/mol. The van der Waals surface area contributed by atoms with Crippen LogP contribution in [-0.2, 0) is 9.53 Å². The Balaban J connectivity index is 2.02. The Morgan fingerprint density at radius 3 is 2.79 bits per heavy atom. The van der Waals surface area contributed by atoms with Crippen molar-refractivity contribution in [2.24, 2.45) is 0 Å². The van der Waals surface area contributed by atoms with Crippen molar-refractivity contribution in [3.05, 3.63) is 53.6 Å². The summed E-state index contributed by atoms with van der Waals surface area (Å²) >= 11 is 0. The molecule has 2 heteroatoms. The minimum atomic E-state index is -0.252. The first kappa shape index (κ1) is 12.0. The van der Waals surface area contributed by atoms with Gasteiger partial charge in [0.15, 0.2) is 0 Å². The Morgan fingerprint density at radius 1 is 1.21 bits per heavy atom. The highest BCUT2D eigenvalue weighted by Gasteiger charge is 2.20. The minimum Gasteiger partial charge on any atom is -0.453 e. The summed E-state index contributed by atoms with van der Waals surface area (Å²) < 4.78 is 5.55. The standard InChI is InChI=1S/C17H16O2/c1-2-5-16(18)19-15-11-10-13-7-3-6-12-8-4-9-14(15)17(12)13/h3-4,6-11,15H,2,5H2,1H3. The lowest BCUT2D eigenvalue weighted by molar-refractivity contribution is -0.147. The summed E-state index contributed by atoms with van der Waals surface area (Å²) in [6.45, 7) is 1.98. The molecule has 0 spiro atoms. The predicted octanol–water partition coefficient (Wildman–Crippen LogP) is 4.25. The number of hydrogen-bond donors (Lipinski definition) is 0. The fourth-order valence-corrected chi connectivity index (χ4v) is 2.58. The summed E-state index contributed by atoms with van der Waals surface area (Å²) in [6, 6.07) is 12.4. The molecule has 1 aliphatic rings. The quantitative estimate of drug-likeness (QED) is 0.763. The predicted molar refractivity (Wildman–Crippen MR) is 76.7 cm³/mol. The van der Waals surface area contributed by atoms with Gasteiger partial charge in [0, 0.05) is 12.0 Å². The highest BCUT2D eigenvalue weighted by atomic mass is 16.5. The van der Waals surface area contributed by atoms with Crippen LogP contribution < -0.4 is 0 Å². The first-order valence-corrected chi connectivity index (χ1v) is 6.69. The largest absolute Gasteiger partial charge is 0.453 e. The van der Waals surface area contributed by atoms with Gasteiger partial charge in [-0.25, -0.2) is 0 Å². The van der Waals surface area contributed by atoms with E-state index in [-0.39, 0.29) is 12.1 Å². The summed E-state index contributed by atoms with van der Waals surface area (Å²) in [5, 5.41) is 2.39. The van der Waals surface area contributed by atoms with Crippen LogP contribution in [0.5, 0.6) is 0 Å². The molecule has 1 unspecified atom stereocenters. The molecule has 0 fully saturated rings. The number of hydrogen-bond acceptors (Lipinski definition) is 2. The molecule has 2 nitrogen and oxygen atoms in total. The Morgan fingerprint density at radius 2 is 2.00 bits per heavy atom. The van der Waals surface area contributed by atoms with E-state index < -0.39 is 0 Å². The van der Waals surface area contributed by atoms with E-state index in [1.807, 2.05) is 31.2 Å². The van der Waals surface area contributed by atoms with E-state index >= 15 is 0 Å². The van der Waals surface area contributed by atoms with Gasteiger partial charge in [0.05, 0.1) is 0 Å². The van der Waals surface area contributed by atoms with Gasteiger partial charge in [-0.1, -0.05) is 49.4 Å². The van der Waals surface area contributed by atoms with Crippen molar-refractivity contribution in [3.8, 4) is 0 Å². The summed E-state index contributed by atoms with van der Waals surface area (Å²) in [5.41, 5.74) is 2.27. The lowest BCUT2D eigenvalue weighted by Crippen LogP contribution is -2.11. The van der Waals surface area contributed by atoms with E-state index in [2.05, 4.69) is 24.3 Å². The number of carbonyl (C=O) groups excluding carboxylic acids is 1. The number of ether oxygens (including phenoxy) is 1. The molecule has 3 rings (SSSR count). The molecular weight excluding hydrogens is 236 g/mol. The molecule has 0 amide bonds. The zero-order chi connectivity index (χ0) is 13.2. The van der Waals surface area contributed by atoms with Crippen molar-refractivity contribution in [3.63, 3.8) is 0 Å². The van der Waals surface area contributed by atoms with Gasteiger partial charge >= 0.3 is 5.97 Å². The third kappa shape index (κ3) is 2.14. The van der Waals surface area contributed by atoms with Crippen LogP contribution in [0.15, 0.2) is 42.5 Å². The van der Waals surface area contributed by atoms with Gasteiger partial charge in [-0.05, 0) is 28.8 Å². The molecule has 1 atom stereocenters. The van der Waals surface area contributed by atoms with Crippen LogP contribution in [0.2, 0.25) is 0 Å². The topological polar surface area (TPSA) is 26.3 Å². The molecular formula is C17H16O2. The van der Waals surface area contributed by atoms with E-state index in [1.54, 1.807) is 0 Å². The fourth-order valence-electron chi connectivity index (χ4n) is 2.58. The van der Waals surface area contributed by atoms with Gasteiger partial charge in [-0.15, -0.1) is 0 Å². The van der Waals surface area contributed by atoms with Crippen LogP contribution in [0.4, 0.5) is 0 Å². The van der Waals surface area contributed by atoms with Crippen molar-refractivity contribution in [2.45, 2.75) is 25.9 Å². The maximum absolute atomic E-state index is 11.7. The molecule has 0 aliphatic heterocycles. The molecule has 0 saturated carbocycles. The van der Waals surface area contributed by atoms with E-state index in [1.165, 1.54) is 16.3 Å². The molecule has 0 bridgehead atoms. The maximum Gasteiger partial charge on any atom is 0.306 e. The molecule has 0 aromatic heterocycles. The average Bonchev–Trinajstić information content (AvgIpc) is 2.43. The second-order valence-electron chi connectivity index (χ2n) is 4.81. The molecule has 2 aromatic carbocycles. The monoisotopic (exact) mass is 252 g/mol. The molecule has 1 aliphatic carbocycles. The Labute approximate surface area is 112 Å². The zero-order valence-electron chi connectivity index (χ0n) is 10.9. The van der Waals surface area contributed by atoms with Gasteiger partial charge < -0.3 is 4.74 Å². The van der Waals surface area contributed by atoms with E-state index in [0.29, 0.717) is 6.42 Å². The molecule has 0 radical (unpaired) electrons. The number of benzene rings is 2. The molecule has 0 saturated heterocycles. The maximum atomic E-state index is 11.7. The van der Waals surface area contributed by atoms with Gasteiger partial charge in [0.1, 0.15) is 6.10 Å². The molecule has 19 heavy (non-hydrogen) atoms. The Hall–Kier alpha value is -2.09. The van der Waals surface area contributed by atoms with Crippen LogP contribution in [0.3, 0.4) is 0 Å². The smallest absolute Gasteiger partial charge is 0.306 e. The first-order valence-electron chi connectivity index (χ1n) is 6.69. The van der Waals surface area contributed by atoms with Crippen LogP contribution in [0.25, 0.3) is 16.8 Å². The van der Waals surface area contributed by atoms with Gasteiger partial charge in [-0.3, -0.25) is 4.79 Å². The summed E-state index contributed by atoms with van der Waals surface area (Å²) in [5.74, 6) is -0.131. The number of rotatable bonds is 3. The Bertz CT molecular complexity index is 650. The van der Waals surface area contributed by atoms with Gasteiger partial charge in [0.2, 0.25) is 0 Å². The first-order chi connectivity index (χ1) is 9.29. The molecule has 96 valence electrons. The van der Waals surface area contributed by atoms with Crippen LogP contribution >= 0.6 is 0 Å². The van der Waals surface area contributed by atoms with Crippen molar-refractivity contribution in [1.82, 2.24) is 0 Å². The van der Waals surface area contributed by atoms with Crippen molar-refractivity contribution in [1.29, 1.82) is 0 Å². The van der Waals surface area contributed by atoms with Gasteiger partial charge in [-0.2, -0.15) is 0 Å². The lowest BCUT2D eigenvalue weighted by Gasteiger charge is -2.21. The highest BCUT2D eigenvalue weighted by molar-refractivity contribution is 5.95.